The molecule has 0 unspecified atom stereocenters. The van der Waals surface area contributed by atoms with Gasteiger partial charge in [-0.3, -0.25) is 14.8 Å². The van der Waals surface area contributed by atoms with Gasteiger partial charge in [-0.2, -0.15) is 5.26 Å². The van der Waals surface area contributed by atoms with Crippen molar-refractivity contribution in [2.24, 2.45) is 10.7 Å². The lowest BCUT2D eigenvalue weighted by atomic mass is 9.96. The standard InChI is InChI=1S/C36H35ClFN5O4/c1-22(40)42-13-5-10-32(36(44)45)43-20-25-15-30(37)35(16-34(25)46-21-24-14-23(17-39)18-41-19-24)47-33-12-11-27-26(7-4-8-29(27)33)28-6-2-3-9-31(28)38/h2-4,6-9,14-16,18-19,32-33,43H,5,10-13,20-21H2,1H3,(H2,40,42)(H,44,45)/t32-,33+/m1/s1. The fraction of sp³-hybridized carbons (Fsp3) is 0.278. The first-order valence-corrected chi connectivity index (χ1v) is 15.7. The minimum atomic E-state index is -0.985. The number of hydrogen-bond donors (Lipinski definition) is 3. The molecule has 9 nitrogen and oxygen atoms in total. The molecule has 1 heterocycles. The van der Waals surface area contributed by atoms with Crippen LogP contribution >= 0.6 is 11.6 Å². The average Bonchev–Trinajstić information content (AvgIpc) is 3.47. The van der Waals surface area contributed by atoms with Crippen LogP contribution in [0, 0.1) is 17.1 Å². The van der Waals surface area contributed by atoms with Gasteiger partial charge in [0.05, 0.1) is 16.4 Å². The molecular formula is C36H35ClFN5O4. The molecule has 0 aliphatic heterocycles. The van der Waals surface area contributed by atoms with Crippen molar-refractivity contribution in [3.8, 4) is 28.7 Å². The molecule has 2 atom stereocenters. The highest BCUT2D eigenvalue weighted by Crippen LogP contribution is 2.43. The van der Waals surface area contributed by atoms with E-state index in [2.05, 4.69) is 21.4 Å². The van der Waals surface area contributed by atoms with E-state index in [-0.39, 0.29) is 25.1 Å². The van der Waals surface area contributed by atoms with Crippen molar-refractivity contribution in [3.63, 3.8) is 0 Å². The van der Waals surface area contributed by atoms with E-state index in [1.807, 2.05) is 24.3 Å². The second kappa shape index (κ2) is 15.5. The van der Waals surface area contributed by atoms with Crippen LogP contribution < -0.4 is 20.5 Å². The first kappa shape index (κ1) is 33.4. The summed E-state index contributed by atoms with van der Waals surface area (Å²) < 4.78 is 27.4. The van der Waals surface area contributed by atoms with Gasteiger partial charge in [0.25, 0.3) is 0 Å². The minimum absolute atomic E-state index is 0.105. The lowest BCUT2D eigenvalue weighted by Crippen LogP contribution is -2.36. The number of rotatable bonds is 14. The van der Waals surface area contributed by atoms with Crippen molar-refractivity contribution < 1.29 is 23.8 Å². The van der Waals surface area contributed by atoms with E-state index in [9.17, 15) is 19.6 Å². The van der Waals surface area contributed by atoms with Crippen LogP contribution in [-0.4, -0.2) is 34.5 Å². The number of aromatic nitrogens is 1. The van der Waals surface area contributed by atoms with Crippen LogP contribution in [0.15, 0.2) is 78.0 Å². The van der Waals surface area contributed by atoms with E-state index < -0.39 is 12.0 Å². The molecule has 0 saturated heterocycles. The number of nitriles is 1. The summed E-state index contributed by atoms with van der Waals surface area (Å²) in [7, 11) is 0. The van der Waals surface area contributed by atoms with Gasteiger partial charge < -0.3 is 25.6 Å². The number of benzene rings is 3. The number of aliphatic imine (C=N–C) groups is 1. The number of ether oxygens (including phenoxy) is 2. The maximum absolute atomic E-state index is 14.7. The normalized spacial score (nSPS) is 14.7. The number of nitrogens with zero attached hydrogens (tertiary/aromatic N) is 3. The van der Waals surface area contributed by atoms with Crippen LogP contribution in [0.3, 0.4) is 0 Å². The minimum Gasteiger partial charge on any atom is -0.488 e. The Balaban J connectivity index is 1.39. The van der Waals surface area contributed by atoms with Crippen molar-refractivity contribution in [2.45, 2.75) is 57.9 Å². The Bertz CT molecular complexity index is 1820. The smallest absolute Gasteiger partial charge is 0.320 e. The van der Waals surface area contributed by atoms with Crippen LogP contribution in [0.2, 0.25) is 5.02 Å². The summed E-state index contributed by atoms with van der Waals surface area (Å²) >= 11 is 6.77. The quantitative estimate of drug-likeness (QED) is 0.0768. The second-order valence-electron chi connectivity index (χ2n) is 11.3. The van der Waals surface area contributed by atoms with E-state index in [0.29, 0.717) is 76.8 Å². The number of fused-ring (bicyclic) bond motifs is 1. The molecule has 0 fully saturated rings. The van der Waals surface area contributed by atoms with Crippen molar-refractivity contribution in [1.29, 1.82) is 5.26 Å². The summed E-state index contributed by atoms with van der Waals surface area (Å²) in [6.07, 6.45) is 5.04. The van der Waals surface area contributed by atoms with E-state index in [1.165, 1.54) is 12.3 Å². The van der Waals surface area contributed by atoms with Gasteiger partial charge in [-0.25, -0.2) is 4.39 Å². The number of nitrogens with one attached hydrogen (secondary N) is 1. The molecule has 1 aliphatic rings. The lowest BCUT2D eigenvalue weighted by molar-refractivity contribution is -0.139. The Labute approximate surface area is 277 Å². The Morgan fingerprint density at radius 2 is 2.00 bits per heavy atom. The zero-order valence-corrected chi connectivity index (χ0v) is 26.6. The van der Waals surface area contributed by atoms with Crippen LogP contribution in [0.25, 0.3) is 11.1 Å². The molecular weight excluding hydrogens is 621 g/mol. The predicted octanol–water partition coefficient (Wildman–Crippen LogP) is 6.76. The summed E-state index contributed by atoms with van der Waals surface area (Å²) in [5, 5.41) is 22.5. The van der Waals surface area contributed by atoms with Crippen molar-refractivity contribution in [3.05, 3.63) is 112 Å². The lowest BCUT2D eigenvalue weighted by Gasteiger charge is -2.21. The third kappa shape index (κ3) is 8.44. The number of amidine groups is 1. The van der Waals surface area contributed by atoms with Crippen LogP contribution in [0.1, 0.15) is 60.1 Å². The van der Waals surface area contributed by atoms with Crippen LogP contribution in [0.4, 0.5) is 4.39 Å². The molecule has 0 spiro atoms. The molecule has 4 N–H and O–H groups in total. The van der Waals surface area contributed by atoms with Gasteiger partial charge >= 0.3 is 5.97 Å². The molecule has 0 saturated carbocycles. The van der Waals surface area contributed by atoms with E-state index in [4.69, 9.17) is 26.8 Å². The first-order chi connectivity index (χ1) is 22.7. The molecule has 4 aromatic rings. The van der Waals surface area contributed by atoms with E-state index in [0.717, 1.165) is 16.7 Å². The largest absolute Gasteiger partial charge is 0.488 e. The number of nitrogens with two attached hydrogens (primary N) is 1. The third-order valence-corrected chi connectivity index (χ3v) is 8.23. The van der Waals surface area contributed by atoms with E-state index in [1.54, 1.807) is 43.5 Å². The Kier molecular flexibility index (Phi) is 11.0. The van der Waals surface area contributed by atoms with Gasteiger partial charge in [0, 0.05) is 48.2 Å². The zero-order valence-electron chi connectivity index (χ0n) is 25.9. The Morgan fingerprint density at radius 1 is 1.19 bits per heavy atom. The number of hydrogen-bond acceptors (Lipinski definition) is 7. The Morgan fingerprint density at radius 3 is 2.77 bits per heavy atom. The molecule has 11 heteroatoms. The van der Waals surface area contributed by atoms with Crippen molar-refractivity contribution in [1.82, 2.24) is 10.3 Å². The number of carboxylic acids is 1. The summed E-state index contributed by atoms with van der Waals surface area (Å²) in [5.41, 5.74) is 10.7. The molecule has 0 bridgehead atoms. The highest BCUT2D eigenvalue weighted by molar-refractivity contribution is 6.32. The van der Waals surface area contributed by atoms with Crippen molar-refractivity contribution >= 4 is 23.4 Å². The number of halogens is 2. The van der Waals surface area contributed by atoms with Gasteiger partial charge in [0.15, 0.2) is 0 Å². The predicted molar refractivity (Wildman–Crippen MR) is 178 cm³/mol. The number of pyridine rings is 1. The van der Waals surface area contributed by atoms with Crippen LogP contribution in [-0.2, 0) is 24.4 Å². The van der Waals surface area contributed by atoms with Gasteiger partial charge in [-0.15, -0.1) is 0 Å². The van der Waals surface area contributed by atoms with Gasteiger partial charge in [0.2, 0.25) is 0 Å². The molecule has 1 aromatic heterocycles. The van der Waals surface area contributed by atoms with Crippen LogP contribution in [0.5, 0.6) is 11.5 Å². The molecule has 1 aliphatic carbocycles. The van der Waals surface area contributed by atoms with Crippen molar-refractivity contribution in [2.75, 3.05) is 6.54 Å². The number of carbonyl (C=O) groups is 1. The fourth-order valence-electron chi connectivity index (χ4n) is 5.65. The number of carboxylic acid groups (broad SMARTS) is 1. The maximum Gasteiger partial charge on any atom is 0.320 e. The van der Waals surface area contributed by atoms with Gasteiger partial charge in [0.1, 0.15) is 42.1 Å². The third-order valence-electron chi connectivity index (χ3n) is 7.93. The maximum atomic E-state index is 14.7. The van der Waals surface area contributed by atoms with E-state index >= 15 is 0 Å². The second-order valence-corrected chi connectivity index (χ2v) is 11.7. The number of aliphatic carboxylic acids is 1. The zero-order chi connectivity index (χ0) is 33.3. The molecule has 242 valence electrons. The average molecular weight is 656 g/mol. The molecule has 3 aromatic carbocycles. The molecule has 5 rings (SSSR count). The highest BCUT2D eigenvalue weighted by atomic mass is 35.5. The fourth-order valence-corrected chi connectivity index (χ4v) is 5.88. The topological polar surface area (TPSA) is 143 Å². The monoisotopic (exact) mass is 655 g/mol. The molecule has 47 heavy (non-hydrogen) atoms. The Hall–Kier alpha value is -4.98. The van der Waals surface area contributed by atoms with Gasteiger partial charge in [-0.1, -0.05) is 48.0 Å². The first-order valence-electron chi connectivity index (χ1n) is 15.3. The summed E-state index contributed by atoms with van der Waals surface area (Å²) in [5.74, 6) is 0.0178. The summed E-state index contributed by atoms with van der Waals surface area (Å²) in [6.45, 7) is 2.38. The summed E-state index contributed by atoms with van der Waals surface area (Å²) in [6, 6.07) is 18.9. The summed E-state index contributed by atoms with van der Waals surface area (Å²) in [4.78, 5) is 20.2. The van der Waals surface area contributed by atoms with Gasteiger partial charge in [-0.05, 0) is 67.5 Å². The highest BCUT2D eigenvalue weighted by Gasteiger charge is 2.28. The molecule has 0 radical (unpaired) electrons. The molecule has 0 amide bonds. The SMILES string of the molecule is CC(N)=NCCC[C@@H](NCc1cc(Cl)c(O[C@H]2CCc3c(-c4ccccc4F)cccc32)cc1OCc1cncc(C#N)c1)C(=O)O.